The van der Waals surface area contributed by atoms with Crippen molar-refractivity contribution in [2.75, 3.05) is 37.6 Å². The van der Waals surface area contributed by atoms with E-state index in [1.807, 2.05) is 18.7 Å². The van der Waals surface area contributed by atoms with Crippen molar-refractivity contribution in [1.82, 2.24) is 14.5 Å². The zero-order valence-electron chi connectivity index (χ0n) is 22.3. The summed E-state index contributed by atoms with van der Waals surface area (Å²) in [6.07, 6.45) is 0.990. The van der Waals surface area contributed by atoms with Gasteiger partial charge >= 0.3 is 5.69 Å². The third-order valence-electron chi connectivity index (χ3n) is 7.23. The molecule has 0 aliphatic carbocycles. The Morgan fingerprint density at radius 1 is 1.20 bits per heavy atom. The second-order valence-corrected chi connectivity index (χ2v) is 11.8. The standard InChI is InChI=1S/C28H29Cl2FN4O4S/c1-5-23(36)35-15(2)10-33(11-16(35)3)27-19-9-21(30)24(17-6-7-22(31)20(29)8-17)26-25(19)34(28(37)32-27)12-18(13-40-26)39-14-38-4/h5-9,15-16,18H,1,10-14H2,2-4H3/t15-,16+,18?. The summed E-state index contributed by atoms with van der Waals surface area (Å²) in [5.74, 6) is 0.359. The van der Waals surface area contributed by atoms with Crippen LogP contribution in [0.25, 0.3) is 22.0 Å². The normalized spacial score (nSPS) is 21.0. The molecule has 0 bridgehead atoms. The Morgan fingerprint density at radius 2 is 1.93 bits per heavy atom. The summed E-state index contributed by atoms with van der Waals surface area (Å²) in [6, 6.07) is 5.99. The van der Waals surface area contributed by atoms with Gasteiger partial charge in [0, 0.05) is 53.9 Å². The van der Waals surface area contributed by atoms with Crippen LogP contribution in [-0.2, 0) is 20.8 Å². The molecule has 212 valence electrons. The van der Waals surface area contributed by atoms with E-state index in [2.05, 4.69) is 11.6 Å². The van der Waals surface area contributed by atoms with Crippen molar-refractivity contribution in [3.05, 3.63) is 63.3 Å². The maximum atomic E-state index is 14.0. The van der Waals surface area contributed by atoms with Gasteiger partial charge in [-0.3, -0.25) is 9.36 Å². The van der Waals surface area contributed by atoms with Crippen molar-refractivity contribution in [3.63, 3.8) is 0 Å². The average molecular weight is 608 g/mol. The molecule has 5 rings (SSSR count). The number of nitrogens with zero attached hydrogens (tertiary/aromatic N) is 4. The number of piperazine rings is 1. The van der Waals surface area contributed by atoms with Crippen LogP contribution in [0.15, 0.2) is 46.6 Å². The summed E-state index contributed by atoms with van der Waals surface area (Å²) in [6.45, 7) is 8.86. The third-order valence-corrected chi connectivity index (χ3v) is 9.04. The van der Waals surface area contributed by atoms with E-state index in [4.69, 9.17) is 32.7 Å². The van der Waals surface area contributed by atoms with Gasteiger partial charge in [0.25, 0.3) is 0 Å². The molecule has 1 aromatic heterocycles. The highest BCUT2D eigenvalue weighted by atomic mass is 35.5. The molecule has 1 fully saturated rings. The Morgan fingerprint density at radius 3 is 2.58 bits per heavy atom. The lowest BCUT2D eigenvalue weighted by atomic mass is 10.0. The number of rotatable bonds is 6. The molecule has 1 amide bonds. The van der Waals surface area contributed by atoms with Crippen molar-refractivity contribution in [2.24, 2.45) is 0 Å². The number of ether oxygens (including phenoxy) is 2. The molecule has 0 N–H and O–H groups in total. The molecule has 0 spiro atoms. The molecule has 12 heteroatoms. The fraction of sp³-hybridized carbons (Fsp3) is 0.393. The number of methoxy groups -OCH3 is 1. The molecule has 3 aromatic rings. The number of hydrogen-bond donors (Lipinski definition) is 0. The van der Waals surface area contributed by atoms with Crippen LogP contribution in [0, 0.1) is 5.82 Å². The van der Waals surface area contributed by atoms with E-state index in [-0.39, 0.29) is 42.5 Å². The number of halogens is 3. The van der Waals surface area contributed by atoms with Crippen LogP contribution in [-0.4, -0.2) is 71.3 Å². The Hall–Kier alpha value is -2.63. The summed E-state index contributed by atoms with van der Waals surface area (Å²) in [5.41, 5.74) is 1.54. The van der Waals surface area contributed by atoms with Gasteiger partial charge in [-0.2, -0.15) is 4.98 Å². The molecule has 40 heavy (non-hydrogen) atoms. The molecule has 2 aromatic carbocycles. The van der Waals surface area contributed by atoms with Gasteiger partial charge in [0.15, 0.2) is 0 Å². The molecular formula is C28H29Cl2FN4O4S. The highest BCUT2D eigenvalue weighted by Gasteiger charge is 2.35. The van der Waals surface area contributed by atoms with Gasteiger partial charge in [-0.15, -0.1) is 11.8 Å². The molecule has 1 saturated heterocycles. The van der Waals surface area contributed by atoms with Gasteiger partial charge in [0.1, 0.15) is 18.4 Å². The first-order valence-corrected chi connectivity index (χ1v) is 14.5. The largest absolute Gasteiger partial charge is 0.359 e. The van der Waals surface area contributed by atoms with Crippen LogP contribution >= 0.6 is 35.0 Å². The van der Waals surface area contributed by atoms with E-state index in [9.17, 15) is 14.0 Å². The molecular weight excluding hydrogens is 578 g/mol. The predicted molar refractivity (Wildman–Crippen MR) is 157 cm³/mol. The van der Waals surface area contributed by atoms with E-state index >= 15 is 0 Å². The minimum Gasteiger partial charge on any atom is -0.359 e. The monoisotopic (exact) mass is 606 g/mol. The van der Waals surface area contributed by atoms with Crippen LogP contribution in [0.1, 0.15) is 13.8 Å². The molecule has 0 radical (unpaired) electrons. The minimum absolute atomic E-state index is 0.0245. The summed E-state index contributed by atoms with van der Waals surface area (Å²) in [4.78, 5) is 35.3. The smallest absolute Gasteiger partial charge is 0.350 e. The quantitative estimate of drug-likeness (QED) is 0.281. The molecule has 2 aliphatic heterocycles. The number of amides is 1. The van der Waals surface area contributed by atoms with Crippen LogP contribution in [0.2, 0.25) is 10.0 Å². The van der Waals surface area contributed by atoms with Crippen molar-refractivity contribution < 1.29 is 18.7 Å². The highest BCUT2D eigenvalue weighted by molar-refractivity contribution is 7.99. The van der Waals surface area contributed by atoms with Crippen molar-refractivity contribution >= 4 is 57.6 Å². The Labute approximate surface area is 245 Å². The van der Waals surface area contributed by atoms with E-state index in [0.29, 0.717) is 51.7 Å². The van der Waals surface area contributed by atoms with Gasteiger partial charge in [-0.1, -0.05) is 35.8 Å². The number of aromatic nitrogens is 2. The second-order valence-electron chi connectivity index (χ2n) is 9.98. The lowest BCUT2D eigenvalue weighted by molar-refractivity contribution is -0.130. The first-order valence-electron chi connectivity index (χ1n) is 12.8. The molecule has 3 heterocycles. The molecule has 2 aliphatic rings. The lowest BCUT2D eigenvalue weighted by Crippen LogP contribution is -2.58. The van der Waals surface area contributed by atoms with Gasteiger partial charge < -0.3 is 19.3 Å². The van der Waals surface area contributed by atoms with E-state index in [1.165, 1.54) is 30.0 Å². The number of anilines is 1. The summed E-state index contributed by atoms with van der Waals surface area (Å²) < 4.78 is 26.6. The van der Waals surface area contributed by atoms with E-state index < -0.39 is 11.5 Å². The van der Waals surface area contributed by atoms with E-state index in [1.54, 1.807) is 28.7 Å². The van der Waals surface area contributed by atoms with Crippen molar-refractivity contribution in [2.45, 2.75) is 43.5 Å². The molecule has 8 nitrogen and oxygen atoms in total. The van der Waals surface area contributed by atoms with Crippen LogP contribution in [0.3, 0.4) is 0 Å². The number of thioether (sulfide) groups is 1. The number of carbonyl (C=O) groups is 1. The van der Waals surface area contributed by atoms with Gasteiger partial charge in [0.05, 0.1) is 28.2 Å². The van der Waals surface area contributed by atoms with Crippen LogP contribution in [0.5, 0.6) is 0 Å². The first-order chi connectivity index (χ1) is 19.1. The first kappa shape index (κ1) is 28.9. The van der Waals surface area contributed by atoms with Crippen LogP contribution in [0.4, 0.5) is 10.2 Å². The second kappa shape index (κ2) is 11.7. The summed E-state index contributed by atoms with van der Waals surface area (Å²) in [5, 5.41) is 1.10. The number of carbonyl (C=O) groups excluding carboxylic acids is 1. The van der Waals surface area contributed by atoms with Crippen LogP contribution < -0.4 is 10.6 Å². The SMILES string of the molecule is C=CC(=O)N1[C@H](C)CN(c2nc(=O)n3c4c(c(-c5ccc(F)c(Cl)c5)c(Cl)cc24)SCC(OCOC)C3)C[C@@H]1C. The number of benzene rings is 2. The summed E-state index contributed by atoms with van der Waals surface area (Å²) in [7, 11) is 1.54. The third kappa shape index (κ3) is 5.23. The fourth-order valence-electron chi connectivity index (χ4n) is 5.57. The van der Waals surface area contributed by atoms with Crippen molar-refractivity contribution in [3.8, 4) is 11.1 Å². The molecule has 3 atom stereocenters. The van der Waals surface area contributed by atoms with Gasteiger partial charge in [-0.25, -0.2) is 9.18 Å². The number of hydrogen-bond acceptors (Lipinski definition) is 7. The maximum absolute atomic E-state index is 14.0. The topological polar surface area (TPSA) is 76.9 Å². The average Bonchev–Trinajstić information content (AvgIpc) is 3.11. The predicted octanol–water partition coefficient (Wildman–Crippen LogP) is 5.22. The Bertz CT molecular complexity index is 1540. The highest BCUT2D eigenvalue weighted by Crippen LogP contribution is 2.46. The molecule has 1 unspecified atom stereocenters. The molecule has 0 saturated carbocycles. The fourth-order valence-corrected chi connectivity index (χ4v) is 7.40. The maximum Gasteiger partial charge on any atom is 0.350 e. The van der Waals surface area contributed by atoms with Gasteiger partial charge in [-0.05, 0) is 43.7 Å². The van der Waals surface area contributed by atoms with Crippen molar-refractivity contribution in [1.29, 1.82) is 0 Å². The lowest BCUT2D eigenvalue weighted by Gasteiger charge is -2.44. The zero-order chi connectivity index (χ0) is 28.7. The van der Waals surface area contributed by atoms with E-state index in [0.717, 1.165) is 4.90 Å². The minimum atomic E-state index is -0.533. The Balaban J connectivity index is 1.71. The summed E-state index contributed by atoms with van der Waals surface area (Å²) >= 11 is 14.6. The zero-order valence-corrected chi connectivity index (χ0v) is 24.7. The Kier molecular flexibility index (Phi) is 8.45. The van der Waals surface area contributed by atoms with Gasteiger partial charge in [0.2, 0.25) is 5.91 Å².